The summed E-state index contributed by atoms with van der Waals surface area (Å²) in [4.78, 5) is 4.61. The number of hydrogen-bond donors (Lipinski definition) is 2. The van der Waals surface area contributed by atoms with E-state index in [1.165, 1.54) is 30.3 Å². The van der Waals surface area contributed by atoms with Gasteiger partial charge < -0.3 is 11.5 Å². The minimum absolute atomic E-state index is 0.998. The van der Waals surface area contributed by atoms with E-state index in [2.05, 4.69) is 24.6 Å². The van der Waals surface area contributed by atoms with Gasteiger partial charge in [0.15, 0.2) is 0 Å². The van der Waals surface area contributed by atoms with Crippen LogP contribution in [-0.4, -0.2) is 12.0 Å². The Morgan fingerprint density at radius 2 is 1.93 bits per heavy atom. The maximum Gasteiger partial charge on any atom is 0.0459 e. The van der Waals surface area contributed by atoms with Crippen LogP contribution in [0, 0.1) is 6.92 Å². The summed E-state index contributed by atoms with van der Waals surface area (Å²) in [5, 5.41) is 0. The molecule has 1 aromatic heterocycles. The maximum absolute atomic E-state index is 6.11. The SMILES string of the molecule is CCc1c(C)nc2c(c1N)CCC2.CN. The second-order valence-electron chi connectivity index (χ2n) is 3.72. The van der Waals surface area contributed by atoms with E-state index in [-0.39, 0.29) is 0 Å². The highest BCUT2D eigenvalue weighted by Crippen LogP contribution is 2.29. The zero-order valence-corrected chi connectivity index (χ0v) is 9.93. The monoisotopic (exact) mass is 207 g/mol. The number of aryl methyl sites for hydroxylation is 2. The predicted molar refractivity (Wildman–Crippen MR) is 64.9 cm³/mol. The van der Waals surface area contributed by atoms with Gasteiger partial charge in [0.2, 0.25) is 0 Å². The number of anilines is 1. The van der Waals surface area contributed by atoms with Gasteiger partial charge in [-0.1, -0.05) is 6.92 Å². The lowest BCUT2D eigenvalue weighted by Gasteiger charge is -2.11. The molecule has 0 saturated carbocycles. The van der Waals surface area contributed by atoms with Gasteiger partial charge in [-0.25, -0.2) is 0 Å². The summed E-state index contributed by atoms with van der Waals surface area (Å²) in [5.41, 5.74) is 16.6. The summed E-state index contributed by atoms with van der Waals surface area (Å²) >= 11 is 0. The van der Waals surface area contributed by atoms with Crippen LogP contribution in [0.2, 0.25) is 0 Å². The Bertz CT molecular complexity index is 341. The molecule has 0 saturated heterocycles. The second kappa shape index (κ2) is 5.12. The fraction of sp³-hybridized carbons (Fsp3) is 0.583. The van der Waals surface area contributed by atoms with Crippen LogP contribution < -0.4 is 11.5 Å². The number of aromatic nitrogens is 1. The molecular weight excluding hydrogens is 186 g/mol. The van der Waals surface area contributed by atoms with Gasteiger partial charge in [-0.15, -0.1) is 0 Å². The smallest absolute Gasteiger partial charge is 0.0459 e. The van der Waals surface area contributed by atoms with Gasteiger partial charge in [0.1, 0.15) is 0 Å². The lowest BCUT2D eigenvalue weighted by Crippen LogP contribution is -2.04. The van der Waals surface area contributed by atoms with Crippen LogP contribution in [0.3, 0.4) is 0 Å². The first-order valence-corrected chi connectivity index (χ1v) is 5.58. The van der Waals surface area contributed by atoms with E-state index in [0.717, 1.165) is 30.6 Å². The highest BCUT2D eigenvalue weighted by Gasteiger charge is 2.18. The van der Waals surface area contributed by atoms with Gasteiger partial charge in [-0.05, 0) is 50.8 Å². The Morgan fingerprint density at radius 3 is 2.53 bits per heavy atom. The summed E-state index contributed by atoms with van der Waals surface area (Å²) in [7, 11) is 1.50. The molecule has 84 valence electrons. The predicted octanol–water partition coefficient (Wildman–Crippen LogP) is 1.60. The van der Waals surface area contributed by atoms with Crippen LogP contribution in [-0.2, 0) is 19.3 Å². The number of nitrogen functional groups attached to an aromatic ring is 1. The molecule has 3 heteroatoms. The van der Waals surface area contributed by atoms with E-state index >= 15 is 0 Å². The van der Waals surface area contributed by atoms with Crippen LogP contribution in [0.15, 0.2) is 0 Å². The third-order valence-corrected chi connectivity index (χ3v) is 2.93. The molecule has 0 fully saturated rings. The number of nitrogens with zero attached hydrogens (tertiary/aromatic N) is 1. The van der Waals surface area contributed by atoms with E-state index in [1.807, 2.05) is 0 Å². The summed E-state index contributed by atoms with van der Waals surface area (Å²) in [6.07, 6.45) is 4.46. The van der Waals surface area contributed by atoms with Crippen molar-refractivity contribution in [2.45, 2.75) is 39.5 Å². The summed E-state index contributed by atoms with van der Waals surface area (Å²) in [5.74, 6) is 0. The lowest BCUT2D eigenvalue weighted by molar-refractivity contribution is 0.896. The molecule has 0 bridgehead atoms. The molecule has 2 rings (SSSR count). The van der Waals surface area contributed by atoms with Gasteiger partial charge in [0, 0.05) is 17.1 Å². The first-order chi connectivity index (χ1) is 7.24. The second-order valence-corrected chi connectivity index (χ2v) is 3.72. The van der Waals surface area contributed by atoms with Crippen molar-refractivity contribution in [2.75, 3.05) is 12.8 Å². The Kier molecular flexibility index (Phi) is 4.09. The summed E-state index contributed by atoms with van der Waals surface area (Å²) in [6, 6.07) is 0. The highest BCUT2D eigenvalue weighted by atomic mass is 14.8. The Hall–Kier alpha value is -1.09. The van der Waals surface area contributed by atoms with Crippen molar-refractivity contribution < 1.29 is 0 Å². The van der Waals surface area contributed by atoms with Crippen LogP contribution in [0.5, 0.6) is 0 Å². The van der Waals surface area contributed by atoms with Crippen molar-refractivity contribution in [1.29, 1.82) is 0 Å². The van der Waals surface area contributed by atoms with Crippen molar-refractivity contribution in [1.82, 2.24) is 4.98 Å². The van der Waals surface area contributed by atoms with Gasteiger partial charge in [0.25, 0.3) is 0 Å². The number of rotatable bonds is 1. The largest absolute Gasteiger partial charge is 0.398 e. The van der Waals surface area contributed by atoms with Gasteiger partial charge >= 0.3 is 0 Å². The number of nitrogens with two attached hydrogens (primary N) is 2. The number of fused-ring (bicyclic) bond motifs is 1. The molecule has 1 aliphatic rings. The van der Waals surface area contributed by atoms with Gasteiger partial charge in [-0.3, -0.25) is 4.98 Å². The molecule has 0 atom stereocenters. The molecule has 3 nitrogen and oxygen atoms in total. The minimum Gasteiger partial charge on any atom is -0.398 e. The van der Waals surface area contributed by atoms with Crippen LogP contribution in [0.25, 0.3) is 0 Å². The summed E-state index contributed by atoms with van der Waals surface area (Å²) in [6.45, 7) is 4.20. The van der Waals surface area contributed by atoms with E-state index in [4.69, 9.17) is 5.73 Å². The molecule has 15 heavy (non-hydrogen) atoms. The van der Waals surface area contributed by atoms with E-state index in [0.29, 0.717) is 0 Å². The van der Waals surface area contributed by atoms with E-state index < -0.39 is 0 Å². The molecule has 1 heterocycles. The Labute approximate surface area is 91.9 Å². The minimum atomic E-state index is 0.998. The molecular formula is C12H21N3. The summed E-state index contributed by atoms with van der Waals surface area (Å²) < 4.78 is 0. The molecule has 0 aromatic carbocycles. The van der Waals surface area contributed by atoms with Gasteiger partial charge in [-0.2, -0.15) is 0 Å². The third kappa shape index (κ3) is 2.12. The number of hydrogen-bond acceptors (Lipinski definition) is 3. The normalized spacial score (nSPS) is 13.1. The highest BCUT2D eigenvalue weighted by molar-refractivity contribution is 5.58. The van der Waals surface area contributed by atoms with Crippen molar-refractivity contribution in [3.8, 4) is 0 Å². The van der Waals surface area contributed by atoms with Crippen LogP contribution >= 0.6 is 0 Å². The molecule has 1 aliphatic carbocycles. The zero-order chi connectivity index (χ0) is 11.4. The van der Waals surface area contributed by atoms with Crippen LogP contribution in [0.1, 0.15) is 35.9 Å². The van der Waals surface area contributed by atoms with Crippen molar-refractivity contribution >= 4 is 5.69 Å². The number of pyridine rings is 1. The Balaban J connectivity index is 0.000000531. The molecule has 0 unspecified atom stereocenters. The van der Waals surface area contributed by atoms with E-state index in [1.54, 1.807) is 0 Å². The average molecular weight is 207 g/mol. The molecule has 0 amide bonds. The molecule has 0 aliphatic heterocycles. The fourth-order valence-corrected chi connectivity index (χ4v) is 2.23. The quantitative estimate of drug-likeness (QED) is 0.735. The zero-order valence-electron chi connectivity index (χ0n) is 9.93. The van der Waals surface area contributed by atoms with Crippen molar-refractivity contribution in [3.63, 3.8) is 0 Å². The standard InChI is InChI=1S/C11H16N2.CH5N/c1-3-8-7(2)13-10-6-4-5-9(10)11(8)12;1-2/h3-6H2,1-2H3,(H2,12,13);2H2,1H3. The molecule has 1 aromatic rings. The van der Waals surface area contributed by atoms with Crippen molar-refractivity contribution in [2.24, 2.45) is 5.73 Å². The molecule has 4 N–H and O–H groups in total. The fourth-order valence-electron chi connectivity index (χ4n) is 2.23. The molecule has 0 radical (unpaired) electrons. The Morgan fingerprint density at radius 1 is 1.27 bits per heavy atom. The average Bonchev–Trinajstić information content (AvgIpc) is 2.69. The first-order valence-electron chi connectivity index (χ1n) is 5.58. The topological polar surface area (TPSA) is 64.9 Å². The van der Waals surface area contributed by atoms with Crippen molar-refractivity contribution in [3.05, 3.63) is 22.5 Å². The maximum atomic E-state index is 6.11. The first kappa shape index (κ1) is 12.0. The van der Waals surface area contributed by atoms with E-state index in [9.17, 15) is 0 Å². The third-order valence-electron chi connectivity index (χ3n) is 2.93. The van der Waals surface area contributed by atoms with Crippen LogP contribution in [0.4, 0.5) is 5.69 Å². The van der Waals surface area contributed by atoms with Gasteiger partial charge in [0.05, 0.1) is 0 Å². The molecule has 0 spiro atoms. The lowest BCUT2D eigenvalue weighted by atomic mass is 10.0.